The van der Waals surface area contributed by atoms with E-state index in [0.717, 1.165) is 11.3 Å². The zero-order valence-corrected chi connectivity index (χ0v) is 19.2. The Labute approximate surface area is 188 Å². The molecule has 2 aromatic rings. The van der Waals surface area contributed by atoms with Crippen LogP contribution in [0.5, 0.6) is 5.75 Å². The predicted molar refractivity (Wildman–Crippen MR) is 124 cm³/mol. The summed E-state index contributed by atoms with van der Waals surface area (Å²) in [6.45, 7) is 4.32. The highest BCUT2D eigenvalue weighted by Crippen LogP contribution is 2.40. The fourth-order valence-corrected chi connectivity index (χ4v) is 3.75. The number of ether oxygens (including phenoxy) is 2. The monoisotopic (exact) mass is 438 g/mol. The van der Waals surface area contributed by atoms with Gasteiger partial charge in [-0.25, -0.2) is 0 Å². The van der Waals surface area contributed by atoms with Gasteiger partial charge in [0.1, 0.15) is 11.5 Å². The molecule has 2 aromatic carbocycles. The van der Waals surface area contributed by atoms with E-state index < -0.39 is 17.7 Å². The Morgan fingerprint density at radius 2 is 1.81 bits per heavy atom. The molecule has 1 N–H and O–H groups in total. The van der Waals surface area contributed by atoms with Gasteiger partial charge in [-0.1, -0.05) is 24.3 Å². The molecule has 0 bridgehead atoms. The lowest BCUT2D eigenvalue weighted by atomic mass is 9.95. The van der Waals surface area contributed by atoms with Crippen LogP contribution in [0.2, 0.25) is 0 Å². The van der Waals surface area contributed by atoms with Gasteiger partial charge in [0.25, 0.3) is 11.7 Å². The zero-order chi connectivity index (χ0) is 23.4. The summed E-state index contributed by atoms with van der Waals surface area (Å²) in [5.74, 6) is -1.01. The van der Waals surface area contributed by atoms with Crippen LogP contribution < -0.4 is 9.64 Å². The van der Waals surface area contributed by atoms with E-state index in [4.69, 9.17) is 9.47 Å². The molecule has 7 heteroatoms. The van der Waals surface area contributed by atoms with Crippen molar-refractivity contribution >= 4 is 23.1 Å². The summed E-state index contributed by atoms with van der Waals surface area (Å²) in [4.78, 5) is 29.3. The molecule has 1 unspecified atom stereocenters. The Kier molecular flexibility index (Phi) is 7.20. The van der Waals surface area contributed by atoms with Crippen LogP contribution in [0.1, 0.15) is 31.0 Å². The first-order valence-electron chi connectivity index (χ1n) is 10.6. The summed E-state index contributed by atoms with van der Waals surface area (Å²) in [6.07, 6.45) is -0.0396. The van der Waals surface area contributed by atoms with E-state index in [0.29, 0.717) is 11.3 Å². The minimum atomic E-state index is -0.713. The molecular weight excluding hydrogens is 408 g/mol. The van der Waals surface area contributed by atoms with Crippen molar-refractivity contribution in [3.05, 3.63) is 65.2 Å². The molecule has 1 amide bonds. The maximum atomic E-state index is 13.0. The molecule has 0 aliphatic carbocycles. The van der Waals surface area contributed by atoms with E-state index in [1.807, 2.05) is 57.1 Å². The number of benzene rings is 2. The number of ketones is 1. The van der Waals surface area contributed by atoms with Crippen LogP contribution in [0.25, 0.3) is 5.76 Å². The minimum absolute atomic E-state index is 0.0396. The third kappa shape index (κ3) is 4.78. The summed E-state index contributed by atoms with van der Waals surface area (Å²) < 4.78 is 10.9. The molecular formula is C25H30N2O5. The fraction of sp³-hybridized carbons (Fsp3) is 0.360. The number of Topliss-reactive ketones (excluding diaryl/α,β-unsaturated/α-hetero) is 1. The first-order valence-corrected chi connectivity index (χ1v) is 10.6. The molecule has 0 spiro atoms. The highest BCUT2D eigenvalue weighted by molar-refractivity contribution is 6.46. The number of carbonyl (C=O) groups is 2. The molecule has 1 saturated heterocycles. The van der Waals surface area contributed by atoms with Crippen LogP contribution in [-0.2, 0) is 14.3 Å². The number of aliphatic hydroxyl groups excluding tert-OH is 1. The van der Waals surface area contributed by atoms with Crippen LogP contribution in [0.4, 0.5) is 5.69 Å². The van der Waals surface area contributed by atoms with Gasteiger partial charge in [-0.3, -0.25) is 9.59 Å². The van der Waals surface area contributed by atoms with Crippen molar-refractivity contribution in [1.29, 1.82) is 0 Å². The molecule has 1 aliphatic rings. The predicted octanol–water partition coefficient (Wildman–Crippen LogP) is 3.61. The molecule has 170 valence electrons. The van der Waals surface area contributed by atoms with Crippen LogP contribution in [0.3, 0.4) is 0 Å². The summed E-state index contributed by atoms with van der Waals surface area (Å²) >= 11 is 0. The van der Waals surface area contributed by atoms with Gasteiger partial charge in [0.2, 0.25) is 0 Å². The number of aliphatic hydroxyl groups is 1. The number of hydrogen-bond acceptors (Lipinski definition) is 6. The van der Waals surface area contributed by atoms with Crippen LogP contribution >= 0.6 is 0 Å². The first kappa shape index (κ1) is 23.3. The second kappa shape index (κ2) is 9.87. The Hall–Kier alpha value is -3.32. The van der Waals surface area contributed by atoms with Crippen molar-refractivity contribution in [2.24, 2.45) is 0 Å². The molecule has 3 rings (SSSR count). The lowest BCUT2D eigenvalue weighted by Gasteiger charge is -2.25. The largest absolute Gasteiger partial charge is 0.507 e. The summed E-state index contributed by atoms with van der Waals surface area (Å²) in [5, 5.41) is 11.2. The number of amides is 1. The second-order valence-electron chi connectivity index (χ2n) is 8.17. The average molecular weight is 439 g/mol. The maximum absolute atomic E-state index is 13.0. The highest BCUT2D eigenvalue weighted by atomic mass is 16.5. The van der Waals surface area contributed by atoms with Crippen molar-refractivity contribution in [3.8, 4) is 5.75 Å². The van der Waals surface area contributed by atoms with E-state index in [1.54, 1.807) is 24.3 Å². The van der Waals surface area contributed by atoms with Crippen molar-refractivity contribution in [2.75, 3.05) is 39.3 Å². The number of nitrogens with zero attached hydrogens (tertiary/aromatic N) is 2. The second-order valence-corrected chi connectivity index (χ2v) is 8.17. The molecule has 0 saturated carbocycles. The topological polar surface area (TPSA) is 79.3 Å². The number of likely N-dealkylation sites (tertiary alicyclic amines) is 1. The Bertz CT molecular complexity index is 1010. The lowest BCUT2D eigenvalue weighted by Crippen LogP contribution is -2.32. The minimum Gasteiger partial charge on any atom is -0.507 e. The van der Waals surface area contributed by atoms with Gasteiger partial charge in [-0.15, -0.1) is 0 Å². The summed E-state index contributed by atoms with van der Waals surface area (Å²) in [7, 11) is 5.41. The van der Waals surface area contributed by atoms with Gasteiger partial charge in [0.15, 0.2) is 0 Å². The van der Waals surface area contributed by atoms with Gasteiger partial charge in [0.05, 0.1) is 24.3 Å². The first-order chi connectivity index (χ1) is 15.2. The van der Waals surface area contributed by atoms with Gasteiger partial charge in [-0.2, -0.15) is 0 Å². The van der Waals surface area contributed by atoms with Crippen molar-refractivity contribution in [1.82, 2.24) is 4.90 Å². The number of methoxy groups -OCH3 is 1. The lowest BCUT2D eigenvalue weighted by molar-refractivity contribution is -0.140. The standard InChI is InChI=1S/C25H30N2O5/c1-16(2)32-20-8-6-7-18(15-20)23(28)21-22(17-9-11-19(12-10-17)26(3)4)27(13-14-31-5)25(30)24(21)29/h6-12,15-16,22,28H,13-14H2,1-5H3/b23-21-. The molecule has 1 atom stereocenters. The van der Waals surface area contributed by atoms with Gasteiger partial charge in [0, 0.05) is 39.0 Å². The van der Waals surface area contributed by atoms with Crippen molar-refractivity contribution in [3.63, 3.8) is 0 Å². The molecule has 1 heterocycles. The van der Waals surface area contributed by atoms with E-state index in [1.165, 1.54) is 12.0 Å². The van der Waals surface area contributed by atoms with Crippen LogP contribution in [0, 0.1) is 0 Å². The molecule has 0 aromatic heterocycles. The van der Waals surface area contributed by atoms with E-state index >= 15 is 0 Å². The highest BCUT2D eigenvalue weighted by Gasteiger charge is 2.45. The quantitative estimate of drug-likeness (QED) is 0.385. The van der Waals surface area contributed by atoms with Crippen molar-refractivity contribution in [2.45, 2.75) is 26.0 Å². The third-order valence-electron chi connectivity index (χ3n) is 5.28. The Balaban J connectivity index is 2.11. The Morgan fingerprint density at radius 1 is 1.12 bits per heavy atom. The number of anilines is 1. The van der Waals surface area contributed by atoms with E-state index in [9.17, 15) is 14.7 Å². The normalized spacial score (nSPS) is 17.8. The van der Waals surface area contributed by atoms with Crippen LogP contribution in [-0.4, -0.2) is 62.2 Å². The zero-order valence-electron chi connectivity index (χ0n) is 19.2. The number of carbonyl (C=O) groups excluding carboxylic acids is 2. The molecule has 0 radical (unpaired) electrons. The SMILES string of the molecule is COCCN1C(=O)C(=O)/C(=C(\O)c2cccc(OC(C)C)c2)C1c1ccc(N(C)C)cc1. The average Bonchev–Trinajstić information content (AvgIpc) is 3.01. The number of rotatable bonds is 8. The smallest absolute Gasteiger partial charge is 0.295 e. The maximum Gasteiger partial charge on any atom is 0.295 e. The molecule has 1 fully saturated rings. The summed E-state index contributed by atoms with van der Waals surface area (Å²) in [5.41, 5.74) is 2.20. The Morgan fingerprint density at radius 3 is 2.41 bits per heavy atom. The third-order valence-corrected chi connectivity index (χ3v) is 5.28. The van der Waals surface area contributed by atoms with Gasteiger partial charge >= 0.3 is 0 Å². The molecule has 1 aliphatic heterocycles. The van der Waals surface area contributed by atoms with E-state index in [2.05, 4.69) is 0 Å². The van der Waals surface area contributed by atoms with Gasteiger partial charge < -0.3 is 24.4 Å². The summed E-state index contributed by atoms with van der Waals surface area (Å²) in [6, 6.07) is 13.8. The van der Waals surface area contributed by atoms with Crippen molar-refractivity contribution < 1.29 is 24.2 Å². The van der Waals surface area contributed by atoms with E-state index in [-0.39, 0.29) is 30.6 Å². The van der Waals surface area contributed by atoms with Crippen LogP contribution in [0.15, 0.2) is 54.1 Å². The molecule has 32 heavy (non-hydrogen) atoms. The number of hydrogen-bond donors (Lipinski definition) is 1. The van der Waals surface area contributed by atoms with Gasteiger partial charge in [-0.05, 0) is 43.7 Å². The fourth-order valence-electron chi connectivity index (χ4n) is 3.75. The molecule has 7 nitrogen and oxygen atoms in total.